The lowest BCUT2D eigenvalue weighted by Crippen LogP contribution is -2.11. The van der Waals surface area contributed by atoms with Crippen molar-refractivity contribution in [3.63, 3.8) is 0 Å². The molecule has 10 heteroatoms. The molecule has 0 unspecified atom stereocenters. The van der Waals surface area contributed by atoms with Gasteiger partial charge in [-0.15, -0.1) is 20.4 Å². The van der Waals surface area contributed by atoms with Crippen LogP contribution in [0.25, 0.3) is 0 Å². The normalized spacial score (nSPS) is 11.1. The number of nitrogens with zero attached hydrogens (tertiary/aromatic N) is 6. The molecule has 8 nitrogen and oxygen atoms in total. The summed E-state index contributed by atoms with van der Waals surface area (Å²) < 4.78 is 3.00. The largest absolute Gasteiger partial charge is 0.336 e. The van der Waals surface area contributed by atoms with E-state index < -0.39 is 0 Å². The van der Waals surface area contributed by atoms with Crippen molar-refractivity contribution < 1.29 is 0 Å². The van der Waals surface area contributed by atoms with E-state index in [1.807, 2.05) is 13.8 Å². The average molecular weight is 362 g/mol. The molecule has 2 aromatic heterocycles. The predicted molar refractivity (Wildman–Crippen MR) is 95.4 cm³/mol. The summed E-state index contributed by atoms with van der Waals surface area (Å²) in [5, 5.41) is 17.4. The van der Waals surface area contributed by atoms with E-state index in [1.54, 1.807) is 23.5 Å². The van der Waals surface area contributed by atoms with E-state index in [-0.39, 0.29) is 0 Å². The maximum Gasteiger partial charge on any atom is 0.210 e. The Labute approximate surface area is 148 Å². The van der Waals surface area contributed by atoms with Crippen molar-refractivity contribution in [2.45, 2.75) is 35.7 Å². The topological polar surface area (TPSA) is 113 Å². The van der Waals surface area contributed by atoms with E-state index in [4.69, 9.17) is 11.7 Å². The highest BCUT2D eigenvalue weighted by atomic mass is 32.2. The summed E-state index contributed by atoms with van der Waals surface area (Å²) in [5.74, 6) is 14.7. The molecule has 0 saturated carbocycles. The molecule has 1 aromatic carbocycles. The Bertz CT molecular complexity index is 755. The summed E-state index contributed by atoms with van der Waals surface area (Å²) in [7, 11) is 0. The highest BCUT2D eigenvalue weighted by Gasteiger charge is 2.08. The van der Waals surface area contributed by atoms with Gasteiger partial charge in [0, 0.05) is 11.5 Å². The van der Waals surface area contributed by atoms with Crippen LogP contribution in [0, 0.1) is 13.8 Å². The number of aromatic nitrogens is 6. The first-order valence-electron chi connectivity index (χ1n) is 7.22. The van der Waals surface area contributed by atoms with Crippen molar-refractivity contribution in [2.75, 3.05) is 11.7 Å². The molecule has 0 fully saturated rings. The standard InChI is InChI=1S/C14H18N8S2/c1-9-17-19-13(21(9)15)23-7-11-3-5-12(6-4-11)8-24-14-20-18-10(2)22(14)16/h3-6H,7-8,15-16H2,1-2H3. The highest BCUT2D eigenvalue weighted by molar-refractivity contribution is 7.98. The minimum Gasteiger partial charge on any atom is -0.336 e. The summed E-state index contributed by atoms with van der Waals surface area (Å²) in [6, 6.07) is 8.41. The Morgan fingerprint density at radius 2 is 1.12 bits per heavy atom. The SMILES string of the molecule is Cc1nnc(SCc2ccc(CSc3nnc(C)n3N)cc2)n1N. The molecule has 24 heavy (non-hydrogen) atoms. The van der Waals surface area contributed by atoms with Crippen molar-refractivity contribution in [2.24, 2.45) is 0 Å². The van der Waals surface area contributed by atoms with Gasteiger partial charge in [-0.1, -0.05) is 47.8 Å². The first-order chi connectivity index (χ1) is 11.5. The monoisotopic (exact) mass is 362 g/mol. The third-order valence-electron chi connectivity index (χ3n) is 3.43. The van der Waals surface area contributed by atoms with Crippen molar-refractivity contribution in [3.05, 3.63) is 47.0 Å². The molecule has 0 saturated heterocycles. The van der Waals surface area contributed by atoms with Crippen LogP contribution in [0.2, 0.25) is 0 Å². The quantitative estimate of drug-likeness (QED) is 0.501. The lowest BCUT2D eigenvalue weighted by Gasteiger charge is -2.05. The minimum atomic E-state index is 0.702. The molecule has 4 N–H and O–H groups in total. The van der Waals surface area contributed by atoms with Gasteiger partial charge >= 0.3 is 0 Å². The van der Waals surface area contributed by atoms with Gasteiger partial charge < -0.3 is 11.7 Å². The van der Waals surface area contributed by atoms with Crippen LogP contribution in [-0.4, -0.2) is 29.7 Å². The molecule has 0 aliphatic carbocycles. The second-order valence-corrected chi connectivity index (χ2v) is 7.08. The Morgan fingerprint density at radius 3 is 1.42 bits per heavy atom. The molecular weight excluding hydrogens is 344 g/mol. The van der Waals surface area contributed by atoms with Crippen LogP contribution in [-0.2, 0) is 11.5 Å². The lowest BCUT2D eigenvalue weighted by molar-refractivity contribution is 0.825. The van der Waals surface area contributed by atoms with E-state index in [0.717, 1.165) is 11.5 Å². The van der Waals surface area contributed by atoms with Crippen molar-refractivity contribution in [1.29, 1.82) is 0 Å². The van der Waals surface area contributed by atoms with Crippen LogP contribution in [0.15, 0.2) is 34.6 Å². The fourth-order valence-corrected chi connectivity index (χ4v) is 3.64. The van der Waals surface area contributed by atoms with Gasteiger partial charge in [-0.3, -0.25) is 0 Å². The Kier molecular flexibility index (Phi) is 4.95. The second-order valence-electron chi connectivity index (χ2n) is 5.19. The molecule has 126 valence electrons. The van der Waals surface area contributed by atoms with E-state index in [9.17, 15) is 0 Å². The van der Waals surface area contributed by atoms with Crippen LogP contribution in [0.3, 0.4) is 0 Å². The van der Waals surface area contributed by atoms with E-state index in [0.29, 0.717) is 22.0 Å². The van der Waals surface area contributed by atoms with Gasteiger partial charge in [0.15, 0.2) is 0 Å². The van der Waals surface area contributed by atoms with Crippen LogP contribution < -0.4 is 11.7 Å². The number of benzene rings is 1. The predicted octanol–water partition coefficient (Wildman–Crippen LogP) is 1.50. The average Bonchev–Trinajstić information content (AvgIpc) is 3.08. The molecular formula is C14H18N8S2. The van der Waals surface area contributed by atoms with Crippen LogP contribution in [0.4, 0.5) is 0 Å². The fourth-order valence-electron chi connectivity index (χ4n) is 1.92. The maximum absolute atomic E-state index is 5.84. The molecule has 0 atom stereocenters. The molecule has 2 heterocycles. The van der Waals surface area contributed by atoms with Crippen LogP contribution in [0.1, 0.15) is 22.8 Å². The van der Waals surface area contributed by atoms with Crippen LogP contribution in [0.5, 0.6) is 0 Å². The number of nitrogen functional groups attached to an aromatic ring is 2. The highest BCUT2D eigenvalue weighted by Crippen LogP contribution is 2.23. The zero-order valence-corrected chi connectivity index (χ0v) is 15.0. The molecule has 0 aliphatic rings. The summed E-state index contributed by atoms with van der Waals surface area (Å²) in [4.78, 5) is 0. The zero-order valence-electron chi connectivity index (χ0n) is 13.4. The molecule has 0 amide bonds. The summed E-state index contributed by atoms with van der Waals surface area (Å²) >= 11 is 3.13. The number of thioether (sulfide) groups is 2. The van der Waals surface area contributed by atoms with Gasteiger partial charge in [-0.05, 0) is 25.0 Å². The molecule has 3 rings (SSSR count). The van der Waals surface area contributed by atoms with Gasteiger partial charge in [-0.25, -0.2) is 9.35 Å². The Hall–Kier alpha value is -2.20. The zero-order chi connectivity index (χ0) is 17.1. The smallest absolute Gasteiger partial charge is 0.210 e. The lowest BCUT2D eigenvalue weighted by atomic mass is 10.2. The van der Waals surface area contributed by atoms with Crippen LogP contribution >= 0.6 is 23.5 Å². The first kappa shape index (κ1) is 16.7. The summed E-state index contributed by atoms with van der Waals surface area (Å²) in [6.07, 6.45) is 0. The van der Waals surface area contributed by atoms with Gasteiger partial charge in [0.1, 0.15) is 11.6 Å². The van der Waals surface area contributed by atoms with Gasteiger partial charge in [0.2, 0.25) is 10.3 Å². The summed E-state index contributed by atoms with van der Waals surface area (Å²) in [6.45, 7) is 3.65. The van der Waals surface area contributed by atoms with Gasteiger partial charge in [-0.2, -0.15) is 0 Å². The number of aryl methyl sites for hydroxylation is 2. The number of rotatable bonds is 6. The first-order valence-corrected chi connectivity index (χ1v) is 9.19. The number of hydrogen-bond acceptors (Lipinski definition) is 8. The molecule has 0 spiro atoms. The number of nitrogens with two attached hydrogens (primary N) is 2. The molecule has 0 bridgehead atoms. The van der Waals surface area contributed by atoms with Crippen molar-refractivity contribution in [3.8, 4) is 0 Å². The minimum absolute atomic E-state index is 0.702. The molecule has 3 aromatic rings. The van der Waals surface area contributed by atoms with E-state index in [1.165, 1.54) is 20.5 Å². The van der Waals surface area contributed by atoms with Gasteiger partial charge in [0.05, 0.1) is 0 Å². The fraction of sp³-hybridized carbons (Fsp3) is 0.286. The third-order valence-corrected chi connectivity index (χ3v) is 5.46. The van der Waals surface area contributed by atoms with E-state index >= 15 is 0 Å². The van der Waals surface area contributed by atoms with Gasteiger partial charge in [0.25, 0.3) is 0 Å². The van der Waals surface area contributed by atoms with Crippen molar-refractivity contribution >= 4 is 23.5 Å². The van der Waals surface area contributed by atoms with Crippen molar-refractivity contribution in [1.82, 2.24) is 29.7 Å². The second kappa shape index (κ2) is 7.14. The third kappa shape index (κ3) is 3.65. The maximum atomic E-state index is 5.84. The molecule has 0 radical (unpaired) electrons. The Balaban J connectivity index is 1.55. The summed E-state index contributed by atoms with van der Waals surface area (Å²) in [5.41, 5.74) is 2.40. The van der Waals surface area contributed by atoms with E-state index in [2.05, 4.69) is 44.7 Å². The Morgan fingerprint density at radius 1 is 0.750 bits per heavy atom. The molecule has 0 aliphatic heterocycles. The number of hydrogen-bond donors (Lipinski definition) is 2.